The molecule has 0 aromatic heterocycles. The molecule has 1 aliphatic heterocycles. The van der Waals surface area contributed by atoms with Gasteiger partial charge in [0.15, 0.2) is 12.6 Å². The monoisotopic (exact) mass is 300 g/mol. The van der Waals surface area contributed by atoms with E-state index in [1.807, 2.05) is 6.08 Å². The topological polar surface area (TPSA) is 57.2 Å². The fraction of sp³-hybridized carbons (Fsp3) is 0.875. The number of aliphatic hydroxyl groups is 1. The van der Waals surface area contributed by atoms with Crippen molar-refractivity contribution < 1.29 is 24.1 Å². The number of hydrogen-bond donors (Lipinski definition) is 1. The average Bonchev–Trinajstić information content (AvgIpc) is 2.79. The normalized spacial score (nSPS) is 37.0. The Bertz CT molecular complexity index is 312. The van der Waals surface area contributed by atoms with Crippen molar-refractivity contribution in [3.8, 4) is 0 Å². The Balaban J connectivity index is 2.07. The van der Waals surface area contributed by atoms with E-state index in [1.54, 1.807) is 14.2 Å². The molecule has 1 N–H and O–H groups in total. The average molecular weight is 300 g/mol. The number of rotatable bonds is 7. The van der Waals surface area contributed by atoms with Gasteiger partial charge in [0.25, 0.3) is 0 Å². The molecule has 0 aromatic carbocycles. The van der Waals surface area contributed by atoms with Crippen molar-refractivity contribution >= 4 is 0 Å². The van der Waals surface area contributed by atoms with E-state index >= 15 is 0 Å². The van der Waals surface area contributed by atoms with Crippen LogP contribution >= 0.6 is 0 Å². The third-order valence-corrected chi connectivity index (χ3v) is 4.57. The third-order valence-electron chi connectivity index (χ3n) is 4.57. The van der Waals surface area contributed by atoms with Gasteiger partial charge in [0.1, 0.15) is 0 Å². The van der Waals surface area contributed by atoms with Gasteiger partial charge in [-0.15, -0.1) is 6.58 Å². The van der Waals surface area contributed by atoms with Crippen LogP contribution in [0.15, 0.2) is 12.7 Å². The highest BCUT2D eigenvalue weighted by Gasteiger charge is 2.48. The van der Waals surface area contributed by atoms with Crippen LogP contribution in [0.5, 0.6) is 0 Å². The first-order valence-electron chi connectivity index (χ1n) is 7.82. The van der Waals surface area contributed by atoms with E-state index in [9.17, 15) is 5.11 Å². The van der Waals surface area contributed by atoms with E-state index in [0.29, 0.717) is 6.42 Å². The van der Waals surface area contributed by atoms with Crippen molar-refractivity contribution in [2.45, 2.75) is 56.9 Å². The van der Waals surface area contributed by atoms with Gasteiger partial charge in [0, 0.05) is 33.2 Å². The van der Waals surface area contributed by atoms with E-state index in [2.05, 4.69) is 6.58 Å². The molecule has 1 heterocycles. The molecule has 2 aliphatic rings. The Kier molecular flexibility index (Phi) is 6.64. The lowest BCUT2D eigenvalue weighted by atomic mass is 9.90. The molecule has 0 bridgehead atoms. The Morgan fingerprint density at radius 3 is 2.67 bits per heavy atom. The quantitative estimate of drug-likeness (QED) is 0.576. The summed E-state index contributed by atoms with van der Waals surface area (Å²) in [7, 11) is 3.25. The van der Waals surface area contributed by atoms with Gasteiger partial charge in [-0.05, 0) is 31.6 Å². The summed E-state index contributed by atoms with van der Waals surface area (Å²) < 4.78 is 22.7. The number of aliphatic hydroxyl groups excluding tert-OH is 1. The largest absolute Gasteiger partial charge is 0.393 e. The van der Waals surface area contributed by atoms with E-state index in [0.717, 1.165) is 32.3 Å². The highest BCUT2D eigenvalue weighted by molar-refractivity contribution is 4.96. The fourth-order valence-electron chi connectivity index (χ4n) is 3.56. The zero-order chi connectivity index (χ0) is 15.2. The zero-order valence-corrected chi connectivity index (χ0v) is 13.1. The summed E-state index contributed by atoms with van der Waals surface area (Å²) in [5.41, 5.74) is 0. The molecule has 0 spiro atoms. The van der Waals surface area contributed by atoms with Gasteiger partial charge in [0.05, 0.1) is 12.2 Å². The van der Waals surface area contributed by atoms with Gasteiger partial charge in [-0.25, -0.2) is 0 Å². The molecule has 5 unspecified atom stereocenters. The van der Waals surface area contributed by atoms with E-state index in [1.165, 1.54) is 0 Å². The summed E-state index contributed by atoms with van der Waals surface area (Å²) >= 11 is 0. The standard InChI is InChI=1S/C16H28O5/c1-4-7-11-12(17)10-13(15(11)16(18-2)19-3)21-14-8-5-6-9-20-14/h4,11-17H,1,5-10H2,2-3H3. The maximum atomic E-state index is 10.4. The highest BCUT2D eigenvalue weighted by Crippen LogP contribution is 2.41. The smallest absolute Gasteiger partial charge is 0.162 e. The maximum Gasteiger partial charge on any atom is 0.162 e. The molecule has 21 heavy (non-hydrogen) atoms. The van der Waals surface area contributed by atoms with Gasteiger partial charge in [0.2, 0.25) is 0 Å². The van der Waals surface area contributed by atoms with Crippen molar-refractivity contribution in [3.63, 3.8) is 0 Å². The lowest BCUT2D eigenvalue weighted by molar-refractivity contribution is -0.227. The Morgan fingerprint density at radius 1 is 1.33 bits per heavy atom. The summed E-state index contributed by atoms with van der Waals surface area (Å²) in [4.78, 5) is 0. The second-order valence-electron chi connectivity index (χ2n) is 5.88. The molecule has 0 radical (unpaired) electrons. The first-order chi connectivity index (χ1) is 10.2. The van der Waals surface area contributed by atoms with Crippen LogP contribution < -0.4 is 0 Å². The van der Waals surface area contributed by atoms with Crippen molar-refractivity contribution in [3.05, 3.63) is 12.7 Å². The molecule has 5 atom stereocenters. The van der Waals surface area contributed by atoms with Gasteiger partial charge < -0.3 is 24.1 Å². The van der Waals surface area contributed by atoms with Crippen LogP contribution in [-0.4, -0.2) is 50.7 Å². The molecular weight excluding hydrogens is 272 g/mol. The van der Waals surface area contributed by atoms with Gasteiger partial charge >= 0.3 is 0 Å². The predicted octanol–water partition coefficient (Wildman–Crippen LogP) is 2.09. The molecule has 1 aliphatic carbocycles. The van der Waals surface area contributed by atoms with Crippen molar-refractivity contribution in [1.82, 2.24) is 0 Å². The first-order valence-corrected chi connectivity index (χ1v) is 7.82. The van der Waals surface area contributed by atoms with Gasteiger partial charge in [-0.2, -0.15) is 0 Å². The minimum absolute atomic E-state index is 0.0153. The van der Waals surface area contributed by atoms with Crippen molar-refractivity contribution in [2.75, 3.05) is 20.8 Å². The molecule has 1 saturated heterocycles. The minimum atomic E-state index is -0.422. The summed E-state index contributed by atoms with van der Waals surface area (Å²) in [6.45, 7) is 4.54. The molecule has 5 heteroatoms. The van der Waals surface area contributed by atoms with Crippen molar-refractivity contribution in [2.24, 2.45) is 11.8 Å². The first kappa shape index (κ1) is 16.9. The Morgan fingerprint density at radius 2 is 2.10 bits per heavy atom. The van der Waals surface area contributed by atoms with Gasteiger partial charge in [-0.1, -0.05) is 6.08 Å². The van der Waals surface area contributed by atoms with Crippen molar-refractivity contribution in [1.29, 1.82) is 0 Å². The summed E-state index contributed by atoms with van der Waals surface area (Å²) in [5.74, 6) is 0.0273. The number of allylic oxidation sites excluding steroid dienone is 1. The second-order valence-corrected chi connectivity index (χ2v) is 5.88. The van der Waals surface area contributed by atoms with Crippen LogP contribution in [0.4, 0.5) is 0 Å². The molecule has 5 nitrogen and oxygen atoms in total. The van der Waals surface area contributed by atoms with Crippen LogP contribution in [0.3, 0.4) is 0 Å². The number of methoxy groups -OCH3 is 2. The van der Waals surface area contributed by atoms with E-state index < -0.39 is 6.10 Å². The summed E-state index contributed by atoms with van der Waals surface area (Å²) in [6.07, 6.45) is 5.18. The van der Waals surface area contributed by atoms with Crippen LogP contribution in [0, 0.1) is 11.8 Å². The lowest BCUT2D eigenvalue weighted by Crippen LogP contribution is -2.39. The van der Waals surface area contributed by atoms with Crippen LogP contribution in [0.2, 0.25) is 0 Å². The lowest BCUT2D eigenvalue weighted by Gasteiger charge is -2.33. The predicted molar refractivity (Wildman–Crippen MR) is 78.7 cm³/mol. The second kappa shape index (κ2) is 8.25. The Labute approximate surface area is 127 Å². The molecule has 122 valence electrons. The van der Waals surface area contributed by atoms with E-state index in [-0.39, 0.29) is 30.5 Å². The van der Waals surface area contributed by atoms with Crippen LogP contribution in [0.25, 0.3) is 0 Å². The van der Waals surface area contributed by atoms with E-state index in [4.69, 9.17) is 18.9 Å². The van der Waals surface area contributed by atoms with Crippen LogP contribution in [0.1, 0.15) is 32.1 Å². The SMILES string of the molecule is C=CCC1C(O)CC(OC2CCCCO2)C1C(OC)OC. The third kappa shape index (κ3) is 4.05. The Hall–Kier alpha value is -0.460. The molecule has 1 saturated carbocycles. The minimum Gasteiger partial charge on any atom is -0.393 e. The molecule has 2 rings (SSSR count). The molecule has 2 fully saturated rings. The summed E-state index contributed by atoms with van der Waals surface area (Å²) in [6, 6.07) is 0. The van der Waals surface area contributed by atoms with Gasteiger partial charge in [-0.3, -0.25) is 0 Å². The number of ether oxygens (including phenoxy) is 4. The molecular formula is C16H28O5. The highest BCUT2D eigenvalue weighted by atomic mass is 16.7. The molecule has 0 amide bonds. The maximum absolute atomic E-state index is 10.4. The zero-order valence-electron chi connectivity index (χ0n) is 13.1. The number of hydrogen-bond acceptors (Lipinski definition) is 5. The summed E-state index contributed by atoms with van der Waals surface area (Å²) in [5, 5.41) is 10.4. The van der Waals surface area contributed by atoms with Crippen LogP contribution in [-0.2, 0) is 18.9 Å². The fourth-order valence-corrected chi connectivity index (χ4v) is 3.56. The molecule has 0 aromatic rings.